The third-order valence-corrected chi connectivity index (χ3v) is 5.35. The minimum absolute atomic E-state index is 0.0315. The van der Waals surface area contributed by atoms with E-state index < -0.39 is 0 Å². The van der Waals surface area contributed by atoms with Crippen molar-refractivity contribution < 1.29 is 14.0 Å². The van der Waals surface area contributed by atoms with Crippen LogP contribution >= 0.6 is 0 Å². The quantitative estimate of drug-likeness (QED) is 0.528. The number of hydrogen-bond donors (Lipinski definition) is 3. The molecule has 31 heavy (non-hydrogen) atoms. The first-order chi connectivity index (χ1) is 15.2. The van der Waals surface area contributed by atoms with Crippen molar-refractivity contribution in [1.29, 1.82) is 0 Å². The number of urea groups is 1. The molecule has 1 aromatic heterocycles. The first-order valence-corrected chi connectivity index (χ1v) is 10.5. The molecule has 3 aromatic rings. The molecule has 3 N–H and O–H groups in total. The predicted molar refractivity (Wildman–Crippen MR) is 120 cm³/mol. The molecule has 0 spiro atoms. The molecule has 0 radical (unpaired) electrons. The highest BCUT2D eigenvalue weighted by atomic mass is 16.3. The number of anilines is 2. The second kappa shape index (κ2) is 9.95. The van der Waals surface area contributed by atoms with Gasteiger partial charge in [0.2, 0.25) is 0 Å². The molecular formula is C24H26N4O3. The molecular weight excluding hydrogens is 392 g/mol. The fourth-order valence-electron chi connectivity index (χ4n) is 3.76. The van der Waals surface area contributed by atoms with Crippen LogP contribution in [0.5, 0.6) is 0 Å². The molecule has 3 amide bonds. The molecule has 0 saturated carbocycles. The number of benzene rings is 2. The summed E-state index contributed by atoms with van der Waals surface area (Å²) in [5.41, 5.74) is 1.85. The average molecular weight is 418 g/mol. The zero-order valence-electron chi connectivity index (χ0n) is 17.2. The molecule has 1 unspecified atom stereocenters. The van der Waals surface area contributed by atoms with Crippen molar-refractivity contribution >= 4 is 23.3 Å². The highest BCUT2D eigenvalue weighted by molar-refractivity contribution is 6.00. The summed E-state index contributed by atoms with van der Waals surface area (Å²) in [7, 11) is 0. The highest BCUT2D eigenvalue weighted by Gasteiger charge is 2.26. The summed E-state index contributed by atoms with van der Waals surface area (Å²) >= 11 is 0. The van der Waals surface area contributed by atoms with Crippen LogP contribution in [0.1, 0.15) is 35.0 Å². The standard InChI is InChI=1S/C24H26N4O3/c29-23(25-17-21(22-9-6-16-31-22)28-14-4-5-15-28)18-10-12-20(13-11-18)27-24(30)26-19-7-2-1-3-8-19/h1-3,6-13,16,21H,4-5,14-15,17H2,(H,25,29)(H2,26,27,30). The Labute approximate surface area is 181 Å². The number of para-hydroxylation sites is 1. The minimum Gasteiger partial charge on any atom is -0.468 e. The zero-order chi connectivity index (χ0) is 21.5. The monoisotopic (exact) mass is 418 g/mol. The van der Waals surface area contributed by atoms with Crippen LogP contribution in [0.25, 0.3) is 0 Å². The van der Waals surface area contributed by atoms with Crippen LogP contribution in [0.4, 0.5) is 16.2 Å². The minimum atomic E-state index is -0.338. The second-order valence-electron chi connectivity index (χ2n) is 7.51. The zero-order valence-corrected chi connectivity index (χ0v) is 17.2. The topological polar surface area (TPSA) is 86.6 Å². The van der Waals surface area contributed by atoms with Crippen molar-refractivity contribution in [3.63, 3.8) is 0 Å². The largest absolute Gasteiger partial charge is 0.468 e. The van der Waals surface area contributed by atoms with Crippen LogP contribution in [0, 0.1) is 0 Å². The summed E-state index contributed by atoms with van der Waals surface area (Å²) < 4.78 is 5.60. The Hall–Kier alpha value is -3.58. The van der Waals surface area contributed by atoms with Crippen molar-refractivity contribution in [2.24, 2.45) is 0 Å². The predicted octanol–water partition coefficient (Wildman–Crippen LogP) is 4.49. The number of nitrogens with zero attached hydrogens (tertiary/aromatic N) is 1. The molecule has 160 valence electrons. The lowest BCUT2D eigenvalue weighted by molar-refractivity contribution is 0.0934. The number of nitrogens with one attached hydrogen (secondary N) is 3. The second-order valence-corrected chi connectivity index (χ2v) is 7.51. The van der Waals surface area contributed by atoms with Crippen molar-refractivity contribution in [3.05, 3.63) is 84.3 Å². The fraction of sp³-hybridized carbons (Fsp3) is 0.250. The first-order valence-electron chi connectivity index (χ1n) is 10.5. The van der Waals surface area contributed by atoms with E-state index >= 15 is 0 Å². The van der Waals surface area contributed by atoms with Crippen LogP contribution in [-0.4, -0.2) is 36.5 Å². The lowest BCUT2D eigenvalue weighted by Crippen LogP contribution is -2.36. The Morgan fingerprint density at radius 1 is 0.871 bits per heavy atom. The Kier molecular flexibility index (Phi) is 6.64. The molecule has 7 heteroatoms. The third kappa shape index (κ3) is 5.52. The molecule has 0 bridgehead atoms. The number of carbonyl (C=O) groups excluding carboxylic acids is 2. The van der Waals surface area contributed by atoms with E-state index in [4.69, 9.17) is 4.42 Å². The van der Waals surface area contributed by atoms with Gasteiger partial charge in [-0.15, -0.1) is 0 Å². The maximum atomic E-state index is 12.6. The molecule has 1 saturated heterocycles. The van der Waals surface area contributed by atoms with E-state index in [1.165, 1.54) is 0 Å². The molecule has 0 aliphatic carbocycles. The molecule has 7 nitrogen and oxygen atoms in total. The molecule has 1 aliphatic heterocycles. The van der Waals surface area contributed by atoms with Gasteiger partial charge >= 0.3 is 6.03 Å². The van der Waals surface area contributed by atoms with E-state index in [1.54, 1.807) is 30.5 Å². The maximum Gasteiger partial charge on any atom is 0.323 e. The van der Waals surface area contributed by atoms with E-state index in [1.807, 2.05) is 42.5 Å². The van der Waals surface area contributed by atoms with Crippen LogP contribution in [0.3, 0.4) is 0 Å². The van der Waals surface area contributed by atoms with Gasteiger partial charge in [0.1, 0.15) is 5.76 Å². The number of likely N-dealkylation sites (tertiary alicyclic amines) is 1. The summed E-state index contributed by atoms with van der Waals surface area (Å²) in [5, 5.41) is 8.54. The van der Waals surface area contributed by atoms with E-state index in [0.29, 0.717) is 23.5 Å². The smallest absolute Gasteiger partial charge is 0.323 e. The number of hydrogen-bond acceptors (Lipinski definition) is 4. The van der Waals surface area contributed by atoms with Crippen molar-refractivity contribution in [2.45, 2.75) is 18.9 Å². The Bertz CT molecular complexity index is 981. The third-order valence-electron chi connectivity index (χ3n) is 5.35. The highest BCUT2D eigenvalue weighted by Crippen LogP contribution is 2.25. The van der Waals surface area contributed by atoms with Crippen molar-refractivity contribution in [2.75, 3.05) is 30.3 Å². The van der Waals surface area contributed by atoms with E-state index in [9.17, 15) is 9.59 Å². The van der Waals surface area contributed by atoms with Crippen LogP contribution in [0.15, 0.2) is 77.4 Å². The molecule has 2 heterocycles. The average Bonchev–Trinajstić information content (AvgIpc) is 3.50. The van der Waals surface area contributed by atoms with Gasteiger partial charge in [0, 0.05) is 23.5 Å². The van der Waals surface area contributed by atoms with Gasteiger partial charge in [-0.05, 0) is 74.5 Å². The maximum absolute atomic E-state index is 12.6. The van der Waals surface area contributed by atoms with Gasteiger partial charge in [0.25, 0.3) is 5.91 Å². The van der Waals surface area contributed by atoms with Gasteiger partial charge < -0.3 is 20.4 Å². The van der Waals surface area contributed by atoms with E-state index in [0.717, 1.165) is 31.7 Å². The number of rotatable bonds is 7. The molecule has 1 aliphatic rings. The summed E-state index contributed by atoms with van der Waals surface area (Å²) in [4.78, 5) is 27.1. The summed E-state index contributed by atoms with van der Waals surface area (Å²) in [6, 6.07) is 19.6. The van der Waals surface area contributed by atoms with Crippen molar-refractivity contribution in [1.82, 2.24) is 10.2 Å². The lowest BCUT2D eigenvalue weighted by atomic mass is 10.1. The van der Waals surface area contributed by atoms with Gasteiger partial charge in [0.15, 0.2) is 0 Å². The van der Waals surface area contributed by atoms with Crippen LogP contribution < -0.4 is 16.0 Å². The number of furan rings is 1. The SMILES string of the molecule is O=C(Nc1ccccc1)Nc1ccc(C(=O)NCC(c2ccco2)N2CCCC2)cc1. The molecule has 1 atom stereocenters. The molecule has 4 rings (SSSR count). The normalized spacial score (nSPS) is 14.7. The fourth-order valence-corrected chi connectivity index (χ4v) is 3.76. The van der Waals surface area contributed by atoms with Gasteiger partial charge in [0.05, 0.1) is 12.3 Å². The first kappa shape index (κ1) is 20.7. The van der Waals surface area contributed by atoms with E-state index in [-0.39, 0.29) is 18.0 Å². The van der Waals surface area contributed by atoms with Crippen LogP contribution in [-0.2, 0) is 0 Å². The summed E-state index contributed by atoms with van der Waals surface area (Å²) in [6.07, 6.45) is 3.99. The summed E-state index contributed by atoms with van der Waals surface area (Å²) in [5.74, 6) is 0.710. The van der Waals surface area contributed by atoms with Gasteiger partial charge in [-0.2, -0.15) is 0 Å². The number of carbonyl (C=O) groups is 2. The lowest BCUT2D eigenvalue weighted by Gasteiger charge is -2.26. The molecule has 2 aromatic carbocycles. The number of amides is 3. The van der Waals surface area contributed by atoms with Crippen molar-refractivity contribution in [3.8, 4) is 0 Å². The Morgan fingerprint density at radius 2 is 1.55 bits per heavy atom. The van der Waals surface area contributed by atoms with Gasteiger partial charge in [-0.3, -0.25) is 9.69 Å². The van der Waals surface area contributed by atoms with Gasteiger partial charge in [-0.1, -0.05) is 18.2 Å². The summed E-state index contributed by atoms with van der Waals surface area (Å²) in [6.45, 7) is 2.49. The Morgan fingerprint density at radius 3 is 2.19 bits per heavy atom. The Balaban J connectivity index is 1.32. The van der Waals surface area contributed by atoms with Crippen LogP contribution in [0.2, 0.25) is 0 Å². The van der Waals surface area contributed by atoms with Gasteiger partial charge in [-0.25, -0.2) is 4.79 Å². The molecule has 1 fully saturated rings. The van der Waals surface area contributed by atoms with E-state index in [2.05, 4.69) is 20.9 Å².